The van der Waals surface area contributed by atoms with E-state index in [1.807, 2.05) is 54.4 Å². The van der Waals surface area contributed by atoms with Gasteiger partial charge in [0.05, 0.1) is 28.8 Å². The molecule has 0 amide bonds. The Labute approximate surface area is 299 Å². The normalized spacial score (nSPS) is 16.5. The van der Waals surface area contributed by atoms with Gasteiger partial charge in [-0.25, -0.2) is 13.2 Å². The third-order valence-electron chi connectivity index (χ3n) is 9.43. The number of carbonyl (C=O) groups is 1. The molecule has 6 rings (SSSR count). The van der Waals surface area contributed by atoms with Gasteiger partial charge in [0.1, 0.15) is 19.0 Å². The summed E-state index contributed by atoms with van der Waals surface area (Å²) in [5.74, 6) is -0.0739. The van der Waals surface area contributed by atoms with Crippen LogP contribution in [0.2, 0.25) is 5.02 Å². The molecule has 1 fully saturated rings. The number of likely N-dealkylation sites (N-methyl/N-ethyl adjacent to an activating group) is 1. The first-order valence-electron chi connectivity index (χ1n) is 17.1. The number of hydrogen-bond donors (Lipinski definition) is 0. The van der Waals surface area contributed by atoms with Crippen molar-refractivity contribution >= 4 is 55.8 Å². The van der Waals surface area contributed by atoms with E-state index in [-0.39, 0.29) is 18.1 Å². The van der Waals surface area contributed by atoms with Gasteiger partial charge in [-0.2, -0.15) is 9.97 Å². The minimum Gasteiger partial charge on any atom is -0.462 e. The number of ether oxygens (including phenoxy) is 2. The monoisotopic (exact) mass is 717 g/mol. The molecule has 0 bridgehead atoms. The number of benzene rings is 3. The Morgan fingerprint density at radius 2 is 1.84 bits per heavy atom. The zero-order chi connectivity index (χ0) is 35.1. The van der Waals surface area contributed by atoms with E-state index in [2.05, 4.69) is 41.1 Å². The highest BCUT2D eigenvalue weighted by Gasteiger charge is 2.27. The van der Waals surface area contributed by atoms with Crippen molar-refractivity contribution in [2.75, 3.05) is 68.2 Å². The van der Waals surface area contributed by atoms with Gasteiger partial charge in [-0.15, -0.1) is 0 Å². The first-order valence-corrected chi connectivity index (χ1v) is 19.3. The molecular formula is C38H44ClN5O5S. The lowest BCUT2D eigenvalue weighted by molar-refractivity contribution is -0.137. The third-order valence-corrected chi connectivity index (χ3v) is 11.4. The average molecular weight is 718 g/mol. The lowest BCUT2D eigenvalue weighted by atomic mass is 10.0. The number of fused-ring (bicyclic) bond motifs is 2. The quantitative estimate of drug-likeness (QED) is 0.117. The van der Waals surface area contributed by atoms with Gasteiger partial charge < -0.3 is 24.2 Å². The van der Waals surface area contributed by atoms with E-state index in [4.69, 9.17) is 31.0 Å². The fraction of sp³-hybridized carbons (Fsp3) is 0.395. The van der Waals surface area contributed by atoms with Gasteiger partial charge in [0, 0.05) is 48.9 Å². The summed E-state index contributed by atoms with van der Waals surface area (Å²) in [6.07, 6.45) is 6.26. The van der Waals surface area contributed by atoms with Crippen molar-refractivity contribution in [3.05, 3.63) is 94.6 Å². The molecule has 3 aromatic carbocycles. The van der Waals surface area contributed by atoms with E-state index < -0.39 is 15.8 Å². The van der Waals surface area contributed by atoms with Crippen LogP contribution in [0.3, 0.4) is 0 Å². The molecule has 2 aliphatic rings. The van der Waals surface area contributed by atoms with Crippen molar-refractivity contribution in [2.24, 2.45) is 0 Å². The molecule has 0 unspecified atom stereocenters. The molecule has 2 aliphatic heterocycles. The van der Waals surface area contributed by atoms with Crippen LogP contribution in [-0.4, -0.2) is 93.7 Å². The number of esters is 1. The number of rotatable bonds is 14. The Kier molecular flexibility index (Phi) is 11.6. The Hall–Kier alpha value is -4.19. The van der Waals surface area contributed by atoms with Gasteiger partial charge in [0.15, 0.2) is 9.84 Å². The minimum absolute atomic E-state index is 0.0327. The third kappa shape index (κ3) is 8.93. The summed E-state index contributed by atoms with van der Waals surface area (Å²) in [7, 11) is 0.607. The molecule has 50 heavy (non-hydrogen) atoms. The van der Waals surface area contributed by atoms with Crippen molar-refractivity contribution in [3.8, 4) is 6.01 Å². The maximum atomic E-state index is 12.8. The molecule has 1 atom stereocenters. The number of carbonyl (C=O) groups excluding carboxylic acids is 1. The summed E-state index contributed by atoms with van der Waals surface area (Å²) >= 11 is 6.69. The van der Waals surface area contributed by atoms with Gasteiger partial charge in [-0.3, -0.25) is 0 Å². The Morgan fingerprint density at radius 3 is 2.62 bits per heavy atom. The van der Waals surface area contributed by atoms with Crippen LogP contribution in [0, 0.1) is 0 Å². The summed E-state index contributed by atoms with van der Waals surface area (Å²) in [4.78, 5) is 28.5. The Balaban J connectivity index is 1.11. The zero-order valence-electron chi connectivity index (χ0n) is 28.6. The van der Waals surface area contributed by atoms with Crippen LogP contribution in [0.4, 0.5) is 11.5 Å². The van der Waals surface area contributed by atoms with E-state index in [0.717, 1.165) is 65.0 Å². The number of aromatic nitrogens is 2. The summed E-state index contributed by atoms with van der Waals surface area (Å²) in [6, 6.07) is 22.2. The predicted molar refractivity (Wildman–Crippen MR) is 200 cm³/mol. The molecule has 0 radical (unpaired) electrons. The Morgan fingerprint density at radius 1 is 1.04 bits per heavy atom. The molecule has 0 spiro atoms. The number of anilines is 2. The van der Waals surface area contributed by atoms with Crippen molar-refractivity contribution < 1.29 is 22.7 Å². The smallest absolute Gasteiger partial charge is 0.330 e. The van der Waals surface area contributed by atoms with Crippen molar-refractivity contribution in [1.29, 1.82) is 0 Å². The van der Waals surface area contributed by atoms with Crippen LogP contribution in [0.5, 0.6) is 6.01 Å². The van der Waals surface area contributed by atoms with E-state index in [9.17, 15) is 13.2 Å². The van der Waals surface area contributed by atoms with Crippen LogP contribution in [0.15, 0.2) is 72.8 Å². The number of hydrogen-bond acceptors (Lipinski definition) is 10. The topological polar surface area (TPSA) is 105 Å². The summed E-state index contributed by atoms with van der Waals surface area (Å²) < 4.78 is 37.0. The van der Waals surface area contributed by atoms with Gasteiger partial charge in [-0.05, 0) is 68.4 Å². The summed E-state index contributed by atoms with van der Waals surface area (Å²) in [6.45, 7) is 3.15. The maximum absolute atomic E-state index is 12.8. The van der Waals surface area contributed by atoms with Gasteiger partial charge >= 0.3 is 12.0 Å². The highest BCUT2D eigenvalue weighted by Crippen LogP contribution is 2.37. The highest BCUT2D eigenvalue weighted by atomic mass is 35.5. The molecular weight excluding hydrogens is 674 g/mol. The van der Waals surface area contributed by atoms with Crippen LogP contribution in [-0.2, 0) is 32.3 Å². The summed E-state index contributed by atoms with van der Waals surface area (Å²) in [5.41, 5.74) is 3.85. The Bertz CT molecular complexity index is 1940. The summed E-state index contributed by atoms with van der Waals surface area (Å²) in [5, 5.41) is 2.82. The maximum Gasteiger partial charge on any atom is 0.330 e. The second-order valence-corrected chi connectivity index (χ2v) is 15.7. The fourth-order valence-electron chi connectivity index (χ4n) is 6.65. The van der Waals surface area contributed by atoms with Crippen molar-refractivity contribution in [3.63, 3.8) is 0 Å². The molecule has 264 valence electrons. The van der Waals surface area contributed by atoms with Crippen LogP contribution >= 0.6 is 11.6 Å². The first kappa shape index (κ1) is 35.6. The number of halogens is 1. The molecule has 1 saturated heterocycles. The molecule has 12 heteroatoms. The molecule has 10 nitrogen and oxygen atoms in total. The first-order chi connectivity index (χ1) is 24.2. The SMILES string of the molecule is CN(CCCS(=O)(=O)CCOC(=O)/C=C/c1ccccc1)c1nc(OC[C@@H]2CCCN2C)nc2c1CCN(c1cccc3cccc(Cl)c13)C2. The lowest BCUT2D eigenvalue weighted by Gasteiger charge is -2.33. The van der Waals surface area contributed by atoms with Crippen molar-refractivity contribution in [1.82, 2.24) is 14.9 Å². The van der Waals surface area contributed by atoms with E-state index in [1.54, 1.807) is 6.08 Å². The number of nitrogens with zero attached hydrogens (tertiary/aromatic N) is 5. The molecule has 1 aromatic heterocycles. The number of sulfone groups is 1. The van der Waals surface area contributed by atoms with Gasteiger partial charge in [-0.1, -0.05) is 66.2 Å². The molecule has 4 aromatic rings. The predicted octanol–water partition coefficient (Wildman–Crippen LogP) is 5.82. The highest BCUT2D eigenvalue weighted by molar-refractivity contribution is 7.91. The zero-order valence-corrected chi connectivity index (χ0v) is 30.2. The largest absolute Gasteiger partial charge is 0.462 e. The number of likely N-dealkylation sites (tertiary alicyclic amines) is 1. The van der Waals surface area contributed by atoms with Gasteiger partial charge in [0.25, 0.3) is 0 Å². The van der Waals surface area contributed by atoms with E-state index in [0.29, 0.717) is 49.6 Å². The second kappa shape index (κ2) is 16.2. The van der Waals surface area contributed by atoms with Crippen LogP contribution < -0.4 is 14.5 Å². The molecule has 0 aliphatic carbocycles. The fourth-order valence-corrected chi connectivity index (χ4v) is 8.04. The van der Waals surface area contributed by atoms with Crippen LogP contribution in [0.25, 0.3) is 16.8 Å². The van der Waals surface area contributed by atoms with E-state index >= 15 is 0 Å². The average Bonchev–Trinajstić information content (AvgIpc) is 3.53. The van der Waals surface area contributed by atoms with E-state index in [1.165, 1.54) is 6.08 Å². The van der Waals surface area contributed by atoms with Crippen LogP contribution in [0.1, 0.15) is 36.1 Å². The molecule has 0 saturated carbocycles. The molecule has 3 heterocycles. The molecule has 0 N–H and O–H groups in total. The van der Waals surface area contributed by atoms with Crippen molar-refractivity contribution in [2.45, 2.75) is 38.3 Å². The van der Waals surface area contributed by atoms with Gasteiger partial charge in [0.2, 0.25) is 0 Å². The minimum atomic E-state index is -3.44. The lowest BCUT2D eigenvalue weighted by Crippen LogP contribution is -2.34. The standard InChI is InChI=1S/C38H44ClN5O5S/c1-42-20-8-14-30(42)27-49-38-40-33-26-44(34-16-7-13-29-12-6-15-32(39)36(29)34)22-19-31(33)37(41-38)43(2)21-9-24-50(46,47)25-23-48-35(45)18-17-28-10-4-3-5-11-28/h3-7,10-13,15-18,30H,8-9,14,19-27H2,1-2H3/b18-17+/t30-/m0/s1. The second-order valence-electron chi connectivity index (χ2n) is 13.0.